The lowest BCUT2D eigenvalue weighted by Crippen LogP contribution is -1.93. The average molecular weight is 241 g/mol. The molecular weight excluding hydrogens is 234 g/mol. The van der Waals surface area contributed by atoms with Gasteiger partial charge in [-0.1, -0.05) is 18.3 Å². The molecule has 0 aliphatic carbocycles. The summed E-state index contributed by atoms with van der Waals surface area (Å²) >= 11 is 1.29. The van der Waals surface area contributed by atoms with Crippen molar-refractivity contribution in [1.29, 1.82) is 0 Å². The number of fused-ring (bicyclic) bond motifs is 1. The van der Waals surface area contributed by atoms with Gasteiger partial charge in [0.05, 0.1) is 15.9 Å². The van der Waals surface area contributed by atoms with E-state index >= 15 is 0 Å². The first-order valence-electron chi connectivity index (χ1n) is 4.95. The second-order valence-electron chi connectivity index (χ2n) is 3.51. The Kier molecular flexibility index (Phi) is 2.26. The largest absolute Gasteiger partial charge is 0.284 e. The van der Waals surface area contributed by atoms with E-state index < -0.39 is 0 Å². The first kappa shape index (κ1) is 10.2. The molecule has 17 heavy (non-hydrogen) atoms. The highest BCUT2D eigenvalue weighted by molar-refractivity contribution is 8.19. The fourth-order valence-electron chi connectivity index (χ4n) is 1.56. The lowest BCUT2D eigenvalue weighted by atomic mass is 10.2. The quantitative estimate of drug-likeness (QED) is 0.718. The number of benzene rings is 1. The summed E-state index contributed by atoms with van der Waals surface area (Å²) in [7, 11) is 0. The third-order valence-corrected chi connectivity index (χ3v) is 3.32. The average Bonchev–Trinajstić information content (AvgIpc) is 2.69. The molecule has 0 unspecified atom stereocenters. The molecule has 82 valence electrons. The first-order valence-corrected chi connectivity index (χ1v) is 5.76. The van der Waals surface area contributed by atoms with Crippen LogP contribution in [0.25, 0.3) is 11.0 Å². The highest BCUT2D eigenvalue weighted by atomic mass is 32.2. The Hall–Kier alpha value is -2.01. The van der Waals surface area contributed by atoms with E-state index in [9.17, 15) is 4.79 Å². The van der Waals surface area contributed by atoms with Crippen LogP contribution >= 0.6 is 11.8 Å². The van der Waals surface area contributed by atoms with Gasteiger partial charge >= 0.3 is 0 Å². The third-order valence-electron chi connectivity index (χ3n) is 2.38. The Balaban J connectivity index is 2.10. The zero-order valence-corrected chi connectivity index (χ0v) is 9.57. The van der Waals surface area contributed by atoms with Crippen LogP contribution in [-0.2, 0) is 4.79 Å². The molecule has 5 heteroatoms. The molecule has 1 amide bonds. The second kappa shape index (κ2) is 3.78. The Bertz CT molecular complexity index is 678. The zero-order valence-electron chi connectivity index (χ0n) is 8.75. The van der Waals surface area contributed by atoms with Crippen molar-refractivity contribution >= 4 is 33.7 Å². The van der Waals surface area contributed by atoms with Crippen LogP contribution in [0.1, 0.15) is 5.56 Å². The van der Waals surface area contributed by atoms with Crippen LogP contribution in [-0.4, -0.2) is 20.9 Å². The van der Waals surface area contributed by atoms with Gasteiger partial charge < -0.3 is 0 Å². The van der Waals surface area contributed by atoms with Gasteiger partial charge in [0, 0.05) is 18.0 Å². The van der Waals surface area contributed by atoms with E-state index in [1.807, 2.05) is 18.2 Å². The molecule has 4 nitrogen and oxygen atoms in total. The van der Waals surface area contributed by atoms with Gasteiger partial charge in [-0.15, -0.1) is 0 Å². The van der Waals surface area contributed by atoms with Crippen molar-refractivity contribution in [2.75, 3.05) is 0 Å². The monoisotopic (exact) mass is 241 g/mol. The van der Waals surface area contributed by atoms with Crippen LogP contribution in [0.3, 0.4) is 0 Å². The van der Waals surface area contributed by atoms with Gasteiger partial charge in [0.25, 0.3) is 5.91 Å². The predicted molar refractivity (Wildman–Crippen MR) is 67.8 cm³/mol. The minimum Gasteiger partial charge on any atom is -0.266 e. The summed E-state index contributed by atoms with van der Waals surface area (Å²) in [5, 5.41) is 0.674. The van der Waals surface area contributed by atoms with Crippen LogP contribution < -0.4 is 0 Å². The van der Waals surface area contributed by atoms with Gasteiger partial charge in [0.1, 0.15) is 5.04 Å². The third kappa shape index (κ3) is 1.74. The molecule has 0 saturated heterocycles. The van der Waals surface area contributed by atoms with Crippen LogP contribution in [0.15, 0.2) is 47.1 Å². The van der Waals surface area contributed by atoms with Gasteiger partial charge in [0.15, 0.2) is 0 Å². The SMILES string of the molecule is C=C1SC(c2ccc3nccnc3c2)=NC1=O. The highest BCUT2D eigenvalue weighted by Crippen LogP contribution is 2.29. The topological polar surface area (TPSA) is 55.2 Å². The van der Waals surface area contributed by atoms with Gasteiger partial charge in [-0.05, 0) is 18.2 Å². The molecular formula is C12H7N3OS. The van der Waals surface area contributed by atoms with Crippen LogP contribution in [0.5, 0.6) is 0 Å². The van der Waals surface area contributed by atoms with Crippen molar-refractivity contribution in [2.45, 2.75) is 0 Å². The number of hydrogen-bond donors (Lipinski definition) is 0. The van der Waals surface area contributed by atoms with E-state index in [2.05, 4.69) is 21.5 Å². The molecule has 1 aliphatic heterocycles. The van der Waals surface area contributed by atoms with Crippen molar-refractivity contribution in [3.05, 3.63) is 47.6 Å². The summed E-state index contributed by atoms with van der Waals surface area (Å²) in [5.74, 6) is -0.260. The lowest BCUT2D eigenvalue weighted by Gasteiger charge is -2.00. The maximum absolute atomic E-state index is 11.3. The standard InChI is InChI=1S/C12H7N3OS/c1-7-11(16)15-12(17-7)8-2-3-9-10(6-8)14-5-4-13-9/h2-6H,1H2. The minimum atomic E-state index is -0.260. The van der Waals surface area contributed by atoms with E-state index in [1.165, 1.54) is 11.8 Å². The number of hydrogen-bond acceptors (Lipinski definition) is 4. The summed E-state index contributed by atoms with van der Waals surface area (Å²) in [6.07, 6.45) is 3.29. The van der Waals surface area contributed by atoms with Crippen molar-refractivity contribution in [3.63, 3.8) is 0 Å². The van der Waals surface area contributed by atoms with Gasteiger partial charge in [-0.3, -0.25) is 14.8 Å². The Labute approximate surface area is 101 Å². The molecule has 1 aromatic heterocycles. The molecule has 0 fully saturated rings. The Morgan fingerprint density at radius 3 is 2.59 bits per heavy atom. The number of nitrogens with zero attached hydrogens (tertiary/aromatic N) is 3. The predicted octanol–water partition coefficient (Wildman–Crippen LogP) is 2.16. The number of amides is 1. The van der Waals surface area contributed by atoms with E-state index in [0.29, 0.717) is 9.95 Å². The minimum absolute atomic E-state index is 0.260. The van der Waals surface area contributed by atoms with E-state index in [1.54, 1.807) is 12.4 Å². The number of rotatable bonds is 1. The zero-order chi connectivity index (χ0) is 11.8. The van der Waals surface area contributed by atoms with Gasteiger partial charge in [0.2, 0.25) is 0 Å². The number of thioether (sulfide) groups is 1. The van der Waals surface area contributed by atoms with Gasteiger partial charge in [-0.2, -0.15) is 0 Å². The van der Waals surface area contributed by atoms with Crippen molar-refractivity contribution in [2.24, 2.45) is 4.99 Å². The molecule has 3 rings (SSSR count). The second-order valence-corrected chi connectivity index (χ2v) is 4.59. The van der Waals surface area contributed by atoms with Crippen molar-refractivity contribution in [3.8, 4) is 0 Å². The molecule has 0 bridgehead atoms. The molecule has 0 radical (unpaired) electrons. The van der Waals surface area contributed by atoms with Crippen molar-refractivity contribution < 1.29 is 4.79 Å². The van der Waals surface area contributed by atoms with Crippen LogP contribution in [0.2, 0.25) is 0 Å². The first-order chi connectivity index (χ1) is 8.24. The highest BCUT2D eigenvalue weighted by Gasteiger charge is 2.21. The molecule has 2 heterocycles. The molecule has 1 aliphatic rings. The summed E-state index contributed by atoms with van der Waals surface area (Å²) in [6, 6.07) is 5.63. The summed E-state index contributed by atoms with van der Waals surface area (Å²) in [6.45, 7) is 3.64. The molecule has 0 saturated carbocycles. The maximum Gasteiger partial charge on any atom is 0.284 e. The van der Waals surface area contributed by atoms with Crippen LogP contribution in [0, 0.1) is 0 Å². The molecule has 2 aromatic rings. The molecule has 1 aromatic carbocycles. The normalized spacial score (nSPS) is 15.4. The summed E-state index contributed by atoms with van der Waals surface area (Å²) in [5.41, 5.74) is 2.48. The van der Waals surface area contributed by atoms with Crippen molar-refractivity contribution in [1.82, 2.24) is 9.97 Å². The number of aromatic nitrogens is 2. The van der Waals surface area contributed by atoms with Crippen LogP contribution in [0.4, 0.5) is 0 Å². The Morgan fingerprint density at radius 1 is 1.12 bits per heavy atom. The number of carbonyl (C=O) groups excluding carboxylic acids is 1. The Morgan fingerprint density at radius 2 is 1.88 bits per heavy atom. The molecule has 0 spiro atoms. The summed E-state index contributed by atoms with van der Waals surface area (Å²) < 4.78 is 0. The fraction of sp³-hybridized carbons (Fsp3) is 0. The number of carbonyl (C=O) groups is 1. The lowest BCUT2D eigenvalue weighted by molar-refractivity contribution is -0.113. The smallest absolute Gasteiger partial charge is 0.266 e. The molecule has 0 atom stereocenters. The fourth-order valence-corrected chi connectivity index (χ4v) is 2.30. The summed E-state index contributed by atoms with van der Waals surface area (Å²) in [4.78, 5) is 24.1. The van der Waals surface area contributed by atoms with E-state index in [4.69, 9.17) is 0 Å². The van der Waals surface area contributed by atoms with E-state index in [-0.39, 0.29) is 5.91 Å². The number of aliphatic imine (C=N–C) groups is 1. The maximum atomic E-state index is 11.3. The van der Waals surface area contributed by atoms with E-state index in [0.717, 1.165) is 16.6 Å². The van der Waals surface area contributed by atoms with Gasteiger partial charge in [-0.25, -0.2) is 4.99 Å². The molecule has 0 N–H and O–H groups in total.